The largest absolute Gasteiger partial charge is 0.492 e. The van der Waals surface area contributed by atoms with Gasteiger partial charge in [-0.3, -0.25) is 4.99 Å². The minimum atomic E-state index is 0.275. The van der Waals surface area contributed by atoms with Crippen molar-refractivity contribution in [3.8, 4) is 5.75 Å². The summed E-state index contributed by atoms with van der Waals surface area (Å²) in [6.45, 7) is 2.44. The fraction of sp³-hybridized carbons (Fsp3) is 0.167. The van der Waals surface area contributed by atoms with Crippen LogP contribution in [0.4, 0.5) is 11.6 Å². The number of para-hydroxylation sites is 1. The molecule has 124 valence electrons. The number of hydrogen-bond donors (Lipinski definition) is 1. The Morgan fingerprint density at radius 1 is 1.25 bits per heavy atom. The topological polar surface area (TPSA) is 64.0 Å². The zero-order valence-corrected chi connectivity index (χ0v) is 14.2. The molecule has 0 radical (unpaired) electrons. The maximum absolute atomic E-state index is 6.18. The van der Waals surface area contributed by atoms with E-state index >= 15 is 0 Å². The average Bonchev–Trinajstić information content (AvgIpc) is 3.00. The standard InChI is InChI=1S/C18H18ClN3O2/c1-3-23-16-9-8-13(19)11-14(16)22(18(20)21-2)17-10-12-6-4-5-7-15(12)24-17/h4-11H,3H2,1-2H3,(H2,20,21). The normalized spacial score (nSPS) is 11.7. The molecule has 1 heterocycles. The number of fused-ring (bicyclic) bond motifs is 1. The first kappa shape index (κ1) is 16.2. The first-order valence-corrected chi connectivity index (χ1v) is 7.95. The smallest absolute Gasteiger partial charge is 0.208 e. The number of nitrogens with zero attached hydrogens (tertiary/aromatic N) is 2. The molecule has 0 aliphatic carbocycles. The number of hydrogen-bond acceptors (Lipinski definition) is 3. The Hall–Kier alpha value is -2.66. The molecule has 6 heteroatoms. The van der Waals surface area contributed by atoms with Crippen molar-refractivity contribution >= 4 is 40.1 Å². The lowest BCUT2D eigenvalue weighted by Gasteiger charge is -2.23. The van der Waals surface area contributed by atoms with E-state index in [1.54, 1.807) is 30.1 Å². The van der Waals surface area contributed by atoms with Gasteiger partial charge in [0.1, 0.15) is 11.3 Å². The molecule has 0 amide bonds. The van der Waals surface area contributed by atoms with E-state index in [0.29, 0.717) is 29.0 Å². The van der Waals surface area contributed by atoms with Gasteiger partial charge in [0.25, 0.3) is 0 Å². The minimum absolute atomic E-state index is 0.275. The number of ether oxygens (including phenoxy) is 1. The van der Waals surface area contributed by atoms with Gasteiger partial charge in [-0.2, -0.15) is 0 Å². The fourth-order valence-corrected chi connectivity index (χ4v) is 2.64. The van der Waals surface area contributed by atoms with E-state index in [0.717, 1.165) is 11.0 Å². The zero-order chi connectivity index (χ0) is 17.1. The van der Waals surface area contributed by atoms with Crippen LogP contribution >= 0.6 is 11.6 Å². The Bertz CT molecular complexity index is 856. The number of guanidine groups is 1. The van der Waals surface area contributed by atoms with Gasteiger partial charge in [0.15, 0.2) is 0 Å². The van der Waals surface area contributed by atoms with E-state index in [2.05, 4.69) is 4.99 Å². The highest BCUT2D eigenvalue weighted by Crippen LogP contribution is 2.38. The van der Waals surface area contributed by atoms with Gasteiger partial charge in [-0.1, -0.05) is 29.8 Å². The molecule has 0 atom stereocenters. The summed E-state index contributed by atoms with van der Waals surface area (Å²) >= 11 is 6.18. The molecule has 1 aromatic heterocycles. The average molecular weight is 344 g/mol. The summed E-state index contributed by atoms with van der Waals surface area (Å²) in [7, 11) is 1.62. The molecule has 0 aliphatic heterocycles. The van der Waals surface area contributed by atoms with E-state index in [9.17, 15) is 0 Å². The van der Waals surface area contributed by atoms with Gasteiger partial charge < -0.3 is 14.9 Å². The number of anilines is 2. The van der Waals surface area contributed by atoms with E-state index in [1.165, 1.54) is 0 Å². The SMILES string of the molecule is CCOc1ccc(Cl)cc1N(C(N)=NC)c1cc2ccccc2o1. The van der Waals surface area contributed by atoms with Crippen LogP contribution in [0.15, 0.2) is 57.9 Å². The third kappa shape index (κ3) is 3.03. The molecule has 24 heavy (non-hydrogen) atoms. The predicted octanol–water partition coefficient (Wildman–Crippen LogP) is 4.57. The summed E-state index contributed by atoms with van der Waals surface area (Å²) in [6, 6.07) is 15.0. The molecular formula is C18H18ClN3O2. The van der Waals surface area contributed by atoms with Crippen LogP contribution in [0.25, 0.3) is 11.0 Å². The van der Waals surface area contributed by atoms with E-state index in [-0.39, 0.29) is 5.96 Å². The number of rotatable bonds is 4. The molecule has 2 aromatic carbocycles. The highest BCUT2D eigenvalue weighted by molar-refractivity contribution is 6.31. The lowest BCUT2D eigenvalue weighted by molar-refractivity contribution is 0.341. The molecule has 3 aromatic rings. The summed E-state index contributed by atoms with van der Waals surface area (Å²) in [6.07, 6.45) is 0. The molecule has 0 fully saturated rings. The van der Waals surface area contributed by atoms with Crippen molar-refractivity contribution in [2.75, 3.05) is 18.6 Å². The lowest BCUT2D eigenvalue weighted by Crippen LogP contribution is -2.33. The number of aliphatic imine (C=N–C) groups is 1. The van der Waals surface area contributed by atoms with Crippen LogP contribution in [-0.2, 0) is 0 Å². The highest BCUT2D eigenvalue weighted by Gasteiger charge is 2.22. The van der Waals surface area contributed by atoms with Gasteiger partial charge in [0.2, 0.25) is 11.8 Å². The van der Waals surface area contributed by atoms with Crippen LogP contribution < -0.4 is 15.4 Å². The van der Waals surface area contributed by atoms with Gasteiger partial charge >= 0.3 is 0 Å². The van der Waals surface area contributed by atoms with Crippen molar-refractivity contribution < 1.29 is 9.15 Å². The van der Waals surface area contributed by atoms with Crippen LogP contribution in [0.2, 0.25) is 5.02 Å². The van der Waals surface area contributed by atoms with Crippen molar-refractivity contribution in [3.63, 3.8) is 0 Å². The van der Waals surface area contributed by atoms with Crippen molar-refractivity contribution in [2.24, 2.45) is 10.7 Å². The van der Waals surface area contributed by atoms with Gasteiger partial charge in [-0.05, 0) is 31.2 Å². The van der Waals surface area contributed by atoms with Crippen molar-refractivity contribution in [1.29, 1.82) is 0 Å². The summed E-state index contributed by atoms with van der Waals surface area (Å²) in [5.41, 5.74) is 7.57. The molecular weight excluding hydrogens is 326 g/mol. The zero-order valence-electron chi connectivity index (χ0n) is 13.5. The molecule has 0 spiro atoms. The van der Waals surface area contributed by atoms with Gasteiger partial charge in [0.05, 0.1) is 12.3 Å². The second-order valence-corrected chi connectivity index (χ2v) is 5.52. The van der Waals surface area contributed by atoms with Gasteiger partial charge in [-0.15, -0.1) is 0 Å². The Morgan fingerprint density at radius 2 is 2.04 bits per heavy atom. The summed E-state index contributed by atoms with van der Waals surface area (Å²) < 4.78 is 11.7. The molecule has 3 rings (SSSR count). The number of nitrogens with two attached hydrogens (primary N) is 1. The maximum Gasteiger partial charge on any atom is 0.208 e. The summed E-state index contributed by atoms with van der Waals surface area (Å²) in [5, 5.41) is 1.54. The monoisotopic (exact) mass is 343 g/mol. The quantitative estimate of drug-likeness (QED) is 0.556. The molecule has 0 saturated heterocycles. The van der Waals surface area contributed by atoms with Crippen molar-refractivity contribution in [2.45, 2.75) is 6.92 Å². The number of furan rings is 1. The second kappa shape index (κ2) is 6.84. The van der Waals surface area contributed by atoms with Crippen molar-refractivity contribution in [3.05, 3.63) is 53.6 Å². The first-order chi connectivity index (χ1) is 11.6. The molecule has 0 unspecified atom stereocenters. The lowest BCUT2D eigenvalue weighted by atomic mass is 10.2. The third-order valence-corrected chi connectivity index (χ3v) is 3.79. The molecule has 0 saturated carbocycles. The van der Waals surface area contributed by atoms with Gasteiger partial charge in [-0.25, -0.2) is 4.90 Å². The van der Waals surface area contributed by atoms with Crippen LogP contribution in [0.3, 0.4) is 0 Å². The third-order valence-electron chi connectivity index (χ3n) is 3.55. The Kier molecular flexibility index (Phi) is 4.62. The van der Waals surface area contributed by atoms with E-state index in [1.807, 2.05) is 37.3 Å². The van der Waals surface area contributed by atoms with Crippen LogP contribution in [0, 0.1) is 0 Å². The summed E-state index contributed by atoms with van der Waals surface area (Å²) in [5.74, 6) is 1.47. The Balaban J connectivity index is 2.19. The van der Waals surface area contributed by atoms with Crippen LogP contribution in [-0.4, -0.2) is 19.6 Å². The molecule has 0 aliphatic rings. The maximum atomic E-state index is 6.18. The van der Waals surface area contributed by atoms with E-state index < -0.39 is 0 Å². The van der Waals surface area contributed by atoms with Crippen molar-refractivity contribution in [1.82, 2.24) is 0 Å². The predicted molar refractivity (Wildman–Crippen MR) is 98.5 cm³/mol. The fourth-order valence-electron chi connectivity index (χ4n) is 2.48. The second-order valence-electron chi connectivity index (χ2n) is 5.08. The van der Waals surface area contributed by atoms with Gasteiger partial charge in [0, 0.05) is 23.5 Å². The summed E-state index contributed by atoms with van der Waals surface area (Å²) in [4.78, 5) is 5.80. The van der Waals surface area contributed by atoms with Crippen LogP contribution in [0.1, 0.15) is 6.92 Å². The van der Waals surface area contributed by atoms with Crippen LogP contribution in [0.5, 0.6) is 5.75 Å². The van der Waals surface area contributed by atoms with E-state index in [4.69, 9.17) is 26.5 Å². The molecule has 0 bridgehead atoms. The first-order valence-electron chi connectivity index (χ1n) is 7.57. The minimum Gasteiger partial charge on any atom is -0.492 e. The molecule has 2 N–H and O–H groups in total. The number of halogens is 1. The Labute approximate surface area is 145 Å². The molecule has 5 nitrogen and oxygen atoms in total. The number of benzene rings is 2. The Morgan fingerprint density at radius 3 is 2.75 bits per heavy atom. The highest BCUT2D eigenvalue weighted by atomic mass is 35.5.